The van der Waals surface area contributed by atoms with Gasteiger partial charge in [-0.25, -0.2) is 4.98 Å². The summed E-state index contributed by atoms with van der Waals surface area (Å²) in [6.07, 6.45) is 9.50. The Bertz CT molecular complexity index is 737. The molecule has 0 saturated heterocycles. The van der Waals surface area contributed by atoms with Crippen molar-refractivity contribution in [3.8, 4) is 5.75 Å². The first-order valence-corrected chi connectivity index (χ1v) is 7.78. The Morgan fingerprint density at radius 3 is 2.57 bits per heavy atom. The largest absolute Gasteiger partial charge is 0.484 e. The maximum atomic E-state index is 6.07. The quantitative estimate of drug-likeness (QED) is 0.657. The second-order valence-electron chi connectivity index (χ2n) is 5.14. The standard InChI is InChI=1S/C19H17ClN2O/c20-17-7-10-18(11-8-17)23-19(14-22-13-12-21-15-22)9-6-16-4-2-1-3-5-16/h1-13,15,19H,14H2. The third kappa shape index (κ3) is 4.73. The van der Waals surface area contributed by atoms with E-state index in [0.29, 0.717) is 11.6 Å². The van der Waals surface area contributed by atoms with Crippen LogP contribution in [0.5, 0.6) is 5.75 Å². The lowest BCUT2D eigenvalue weighted by atomic mass is 10.2. The Hall–Kier alpha value is -2.52. The normalized spacial score (nSPS) is 12.4. The Morgan fingerprint density at radius 2 is 1.87 bits per heavy atom. The molecule has 0 bridgehead atoms. The van der Waals surface area contributed by atoms with Gasteiger partial charge < -0.3 is 9.30 Å². The molecule has 3 nitrogen and oxygen atoms in total. The third-order valence-corrected chi connectivity index (χ3v) is 3.61. The van der Waals surface area contributed by atoms with Gasteiger partial charge in [0.2, 0.25) is 0 Å². The van der Waals surface area contributed by atoms with Gasteiger partial charge in [-0.05, 0) is 35.9 Å². The van der Waals surface area contributed by atoms with E-state index in [-0.39, 0.29) is 6.10 Å². The van der Waals surface area contributed by atoms with Crippen LogP contribution < -0.4 is 4.74 Å². The number of hydrogen-bond acceptors (Lipinski definition) is 2. The average molecular weight is 325 g/mol. The highest BCUT2D eigenvalue weighted by Gasteiger charge is 2.08. The predicted octanol–water partition coefficient (Wildman–Crippen LogP) is 4.70. The molecule has 0 N–H and O–H groups in total. The molecule has 0 spiro atoms. The Labute approximate surface area is 140 Å². The molecule has 0 saturated carbocycles. The van der Waals surface area contributed by atoms with Crippen LogP contribution in [0.25, 0.3) is 6.08 Å². The van der Waals surface area contributed by atoms with E-state index in [0.717, 1.165) is 11.3 Å². The summed E-state index contributed by atoms with van der Waals surface area (Å²) in [5, 5.41) is 0.698. The van der Waals surface area contributed by atoms with E-state index < -0.39 is 0 Å². The number of ether oxygens (including phenoxy) is 1. The van der Waals surface area contributed by atoms with Crippen LogP contribution in [-0.4, -0.2) is 15.7 Å². The molecule has 0 radical (unpaired) electrons. The Morgan fingerprint density at radius 1 is 1.09 bits per heavy atom. The number of hydrogen-bond donors (Lipinski definition) is 0. The summed E-state index contributed by atoms with van der Waals surface area (Å²) in [5.41, 5.74) is 1.14. The SMILES string of the molecule is Clc1ccc(OC(C=Cc2ccccc2)Cn2ccnc2)cc1. The van der Waals surface area contributed by atoms with Crippen molar-refractivity contribution in [2.24, 2.45) is 0 Å². The number of halogens is 1. The molecule has 3 aromatic rings. The lowest BCUT2D eigenvalue weighted by molar-refractivity contribution is 0.227. The van der Waals surface area contributed by atoms with Gasteiger partial charge in [0.15, 0.2) is 0 Å². The van der Waals surface area contributed by atoms with Crippen molar-refractivity contribution in [2.45, 2.75) is 12.6 Å². The molecule has 23 heavy (non-hydrogen) atoms. The first kappa shape index (κ1) is 15.4. The van der Waals surface area contributed by atoms with Crippen LogP contribution in [0.1, 0.15) is 5.56 Å². The Balaban J connectivity index is 1.75. The molecule has 1 heterocycles. The highest BCUT2D eigenvalue weighted by Crippen LogP contribution is 2.18. The Kier molecular flexibility index (Phi) is 5.12. The van der Waals surface area contributed by atoms with Crippen LogP contribution >= 0.6 is 11.6 Å². The maximum absolute atomic E-state index is 6.07. The number of rotatable bonds is 6. The molecule has 0 fully saturated rings. The van der Waals surface area contributed by atoms with Crippen molar-refractivity contribution in [2.75, 3.05) is 0 Å². The lowest BCUT2D eigenvalue weighted by Gasteiger charge is -2.16. The zero-order valence-corrected chi connectivity index (χ0v) is 13.3. The van der Waals surface area contributed by atoms with Gasteiger partial charge in [-0.2, -0.15) is 0 Å². The second kappa shape index (κ2) is 7.65. The van der Waals surface area contributed by atoms with Crippen molar-refractivity contribution in [1.82, 2.24) is 9.55 Å². The fourth-order valence-corrected chi connectivity index (χ4v) is 2.34. The fraction of sp³-hybridized carbons (Fsp3) is 0.105. The van der Waals surface area contributed by atoms with E-state index in [1.54, 1.807) is 12.5 Å². The van der Waals surface area contributed by atoms with E-state index in [9.17, 15) is 0 Å². The number of benzene rings is 2. The molecule has 0 aliphatic carbocycles. The van der Waals surface area contributed by atoms with Gasteiger partial charge in [0, 0.05) is 17.4 Å². The molecule has 2 aromatic carbocycles. The van der Waals surface area contributed by atoms with Crippen LogP contribution in [-0.2, 0) is 6.54 Å². The molecule has 0 amide bonds. The summed E-state index contributed by atoms with van der Waals surface area (Å²) in [7, 11) is 0. The second-order valence-corrected chi connectivity index (χ2v) is 5.58. The van der Waals surface area contributed by atoms with Gasteiger partial charge >= 0.3 is 0 Å². The van der Waals surface area contributed by atoms with Crippen molar-refractivity contribution >= 4 is 17.7 Å². The van der Waals surface area contributed by atoms with Crippen molar-refractivity contribution in [3.63, 3.8) is 0 Å². The highest BCUT2D eigenvalue weighted by atomic mass is 35.5. The summed E-state index contributed by atoms with van der Waals surface area (Å²) >= 11 is 5.92. The summed E-state index contributed by atoms with van der Waals surface area (Å²) < 4.78 is 8.07. The molecular formula is C19H17ClN2O. The minimum Gasteiger partial charge on any atom is -0.484 e. The lowest BCUT2D eigenvalue weighted by Crippen LogP contribution is -2.20. The molecule has 3 rings (SSSR count). The number of imidazole rings is 1. The zero-order chi connectivity index (χ0) is 15.9. The topological polar surface area (TPSA) is 27.1 Å². The minimum absolute atomic E-state index is 0.106. The smallest absolute Gasteiger partial charge is 0.135 e. The van der Waals surface area contributed by atoms with Crippen molar-refractivity contribution in [3.05, 3.63) is 90.0 Å². The fourth-order valence-electron chi connectivity index (χ4n) is 2.21. The van der Waals surface area contributed by atoms with Crippen LogP contribution in [0.2, 0.25) is 5.02 Å². The number of aromatic nitrogens is 2. The molecular weight excluding hydrogens is 308 g/mol. The van der Waals surface area contributed by atoms with Crippen molar-refractivity contribution in [1.29, 1.82) is 0 Å². The monoisotopic (exact) mass is 324 g/mol. The van der Waals surface area contributed by atoms with Crippen LogP contribution in [0.15, 0.2) is 79.4 Å². The molecule has 1 aromatic heterocycles. The van der Waals surface area contributed by atoms with Crippen LogP contribution in [0, 0.1) is 0 Å². The number of nitrogens with zero attached hydrogens (tertiary/aromatic N) is 2. The molecule has 4 heteroatoms. The average Bonchev–Trinajstić information content (AvgIpc) is 3.09. The summed E-state index contributed by atoms with van der Waals surface area (Å²) in [6, 6.07) is 17.6. The van der Waals surface area contributed by atoms with Gasteiger partial charge in [0.25, 0.3) is 0 Å². The van der Waals surface area contributed by atoms with Gasteiger partial charge in [0.05, 0.1) is 12.9 Å². The predicted molar refractivity (Wildman–Crippen MR) is 93.6 cm³/mol. The van der Waals surface area contributed by atoms with E-state index in [4.69, 9.17) is 16.3 Å². The first-order chi connectivity index (χ1) is 11.3. The third-order valence-electron chi connectivity index (χ3n) is 3.35. The molecule has 116 valence electrons. The maximum Gasteiger partial charge on any atom is 0.135 e. The molecule has 0 aliphatic rings. The summed E-state index contributed by atoms with van der Waals surface area (Å²) in [4.78, 5) is 4.08. The first-order valence-electron chi connectivity index (χ1n) is 7.41. The van der Waals surface area contributed by atoms with E-state index in [2.05, 4.69) is 29.3 Å². The van der Waals surface area contributed by atoms with Crippen LogP contribution in [0.3, 0.4) is 0 Å². The molecule has 0 aliphatic heterocycles. The van der Waals surface area contributed by atoms with Gasteiger partial charge in [-0.15, -0.1) is 0 Å². The summed E-state index contributed by atoms with van der Waals surface area (Å²) in [5.74, 6) is 0.789. The highest BCUT2D eigenvalue weighted by molar-refractivity contribution is 6.30. The van der Waals surface area contributed by atoms with Crippen molar-refractivity contribution < 1.29 is 4.74 Å². The molecule has 1 unspecified atom stereocenters. The summed E-state index contributed by atoms with van der Waals surface area (Å²) in [6.45, 7) is 0.686. The molecule has 1 atom stereocenters. The van der Waals surface area contributed by atoms with E-state index >= 15 is 0 Å². The van der Waals surface area contributed by atoms with Gasteiger partial charge in [0.1, 0.15) is 11.9 Å². The van der Waals surface area contributed by atoms with E-state index in [1.165, 1.54) is 0 Å². The minimum atomic E-state index is -0.106. The van der Waals surface area contributed by atoms with Crippen LogP contribution in [0.4, 0.5) is 0 Å². The van der Waals surface area contributed by atoms with Gasteiger partial charge in [-0.3, -0.25) is 0 Å². The zero-order valence-electron chi connectivity index (χ0n) is 12.5. The van der Waals surface area contributed by atoms with Gasteiger partial charge in [-0.1, -0.05) is 48.0 Å². The van der Waals surface area contributed by atoms with E-state index in [1.807, 2.05) is 53.2 Å².